The molecule has 0 aromatic rings. The van der Waals surface area contributed by atoms with Crippen molar-refractivity contribution in [1.82, 2.24) is 5.32 Å². The number of rotatable bonds is 3. The van der Waals surface area contributed by atoms with Crippen molar-refractivity contribution in [2.45, 2.75) is 6.92 Å². The van der Waals surface area contributed by atoms with E-state index in [0.29, 0.717) is 0 Å². The van der Waals surface area contributed by atoms with E-state index in [0.717, 1.165) is 11.0 Å². The Morgan fingerprint density at radius 1 is 1.88 bits per heavy atom. The first-order chi connectivity index (χ1) is 3.81. The van der Waals surface area contributed by atoms with Gasteiger partial charge in [-0.2, -0.15) is 0 Å². The van der Waals surface area contributed by atoms with Gasteiger partial charge in [-0.05, 0) is 22.9 Å². The van der Waals surface area contributed by atoms with E-state index in [9.17, 15) is 0 Å². The van der Waals surface area contributed by atoms with Crippen molar-refractivity contribution in [3.05, 3.63) is 10.7 Å². The first-order valence-electron chi connectivity index (χ1n) is 2.40. The monoisotopic (exact) mass is 176 g/mol. The Morgan fingerprint density at radius 3 is 2.88 bits per heavy atom. The summed E-state index contributed by atoms with van der Waals surface area (Å²) in [5.74, 6) is 0. The third-order valence-corrected chi connectivity index (χ3v) is 1.04. The van der Waals surface area contributed by atoms with Gasteiger partial charge in [0.15, 0.2) is 0 Å². The van der Waals surface area contributed by atoms with Crippen LogP contribution in [0.5, 0.6) is 0 Å². The topological polar surface area (TPSA) is 35.9 Å². The fourth-order valence-electron chi connectivity index (χ4n) is 0.241. The highest BCUT2D eigenvalue weighted by molar-refractivity contribution is 9.12. The van der Waals surface area contributed by atoms with E-state index in [1.807, 2.05) is 6.92 Å². The molecule has 2 N–H and O–H groups in total. The summed E-state index contributed by atoms with van der Waals surface area (Å²) in [6, 6.07) is 0. The van der Waals surface area contributed by atoms with Gasteiger partial charge in [-0.3, -0.25) is 0 Å². The van der Waals surface area contributed by atoms with Gasteiger partial charge in [0.05, 0.1) is 4.48 Å². The van der Waals surface area contributed by atoms with E-state index >= 15 is 0 Å². The third kappa shape index (κ3) is 3.87. The maximum absolute atomic E-state index is 6.71. The molecule has 0 spiro atoms. The van der Waals surface area contributed by atoms with Crippen LogP contribution in [-0.4, -0.2) is 12.8 Å². The summed E-state index contributed by atoms with van der Waals surface area (Å²) in [6.07, 6.45) is 2.98. The van der Waals surface area contributed by atoms with Crippen LogP contribution in [0.15, 0.2) is 10.7 Å². The summed E-state index contributed by atoms with van der Waals surface area (Å²) in [5, 5.41) is 9.65. The Hall–Kier alpha value is -0.310. The maximum Gasteiger partial charge on any atom is 0.0507 e. The summed E-state index contributed by atoms with van der Waals surface area (Å²) >= 11 is 3.13. The Kier molecular flexibility index (Phi) is 4.65. The standard InChI is InChI=1S/C5H9BrN2/c1-2-8-4-5(6)3-7/h3-4,7-8H,2H2,1H3/b5-4+,7-3?. The molecule has 2 nitrogen and oxygen atoms in total. The Labute approximate surface area is 57.6 Å². The molecular weight excluding hydrogens is 168 g/mol. The van der Waals surface area contributed by atoms with Crippen molar-refractivity contribution < 1.29 is 0 Å². The first kappa shape index (κ1) is 7.69. The molecule has 0 aromatic heterocycles. The average molecular weight is 177 g/mol. The molecule has 0 bridgehead atoms. The molecule has 0 amide bonds. The Morgan fingerprint density at radius 2 is 2.50 bits per heavy atom. The molecule has 0 unspecified atom stereocenters. The average Bonchev–Trinajstić information content (AvgIpc) is 1.83. The molecule has 0 fully saturated rings. The molecule has 0 saturated heterocycles. The van der Waals surface area contributed by atoms with Gasteiger partial charge in [0.1, 0.15) is 0 Å². The van der Waals surface area contributed by atoms with E-state index in [2.05, 4.69) is 21.2 Å². The molecule has 0 aromatic carbocycles. The molecule has 8 heavy (non-hydrogen) atoms. The minimum atomic E-state index is 0.763. The lowest BCUT2D eigenvalue weighted by Gasteiger charge is -1.90. The molecule has 0 saturated carbocycles. The lowest BCUT2D eigenvalue weighted by molar-refractivity contribution is 0.920. The predicted molar refractivity (Wildman–Crippen MR) is 39.5 cm³/mol. The second-order valence-electron chi connectivity index (χ2n) is 1.23. The maximum atomic E-state index is 6.71. The van der Waals surface area contributed by atoms with Gasteiger partial charge in [0, 0.05) is 19.0 Å². The van der Waals surface area contributed by atoms with Crippen LogP contribution in [0.1, 0.15) is 6.92 Å². The Bertz CT molecular complexity index is 98.6. The predicted octanol–water partition coefficient (Wildman–Crippen LogP) is 1.48. The summed E-state index contributed by atoms with van der Waals surface area (Å²) < 4.78 is 0.763. The quantitative estimate of drug-likeness (QED) is 0.629. The van der Waals surface area contributed by atoms with Gasteiger partial charge in [0.2, 0.25) is 0 Å². The second kappa shape index (κ2) is 4.84. The molecule has 0 aliphatic heterocycles. The van der Waals surface area contributed by atoms with Crippen molar-refractivity contribution in [2.75, 3.05) is 6.54 Å². The van der Waals surface area contributed by atoms with E-state index < -0.39 is 0 Å². The fourth-order valence-corrected chi connectivity index (χ4v) is 0.403. The van der Waals surface area contributed by atoms with Crippen LogP contribution in [-0.2, 0) is 0 Å². The highest BCUT2D eigenvalue weighted by Crippen LogP contribution is 1.95. The largest absolute Gasteiger partial charge is 0.390 e. The molecule has 3 heteroatoms. The SMILES string of the molecule is CCN/C=C(/Br)C=N. The van der Waals surface area contributed by atoms with Gasteiger partial charge >= 0.3 is 0 Å². The van der Waals surface area contributed by atoms with E-state index in [4.69, 9.17) is 5.41 Å². The van der Waals surface area contributed by atoms with Gasteiger partial charge in [-0.15, -0.1) is 0 Å². The lowest BCUT2D eigenvalue weighted by Crippen LogP contribution is -2.02. The zero-order valence-corrected chi connectivity index (χ0v) is 6.33. The second-order valence-corrected chi connectivity index (χ2v) is 2.15. The van der Waals surface area contributed by atoms with Crippen LogP contribution < -0.4 is 5.32 Å². The minimum Gasteiger partial charge on any atom is -0.390 e. The molecule has 0 heterocycles. The van der Waals surface area contributed by atoms with Crippen molar-refractivity contribution >= 4 is 22.1 Å². The zero-order valence-electron chi connectivity index (χ0n) is 4.74. The lowest BCUT2D eigenvalue weighted by atomic mass is 10.6. The highest BCUT2D eigenvalue weighted by Gasteiger charge is 1.77. The summed E-state index contributed by atoms with van der Waals surface area (Å²) in [6.45, 7) is 2.89. The summed E-state index contributed by atoms with van der Waals surface area (Å²) in [4.78, 5) is 0. The van der Waals surface area contributed by atoms with Gasteiger partial charge in [0.25, 0.3) is 0 Å². The summed E-state index contributed by atoms with van der Waals surface area (Å²) in [5.41, 5.74) is 0. The summed E-state index contributed by atoms with van der Waals surface area (Å²) in [7, 11) is 0. The van der Waals surface area contributed by atoms with Crippen LogP contribution in [0.2, 0.25) is 0 Å². The normalized spacial score (nSPS) is 11.0. The van der Waals surface area contributed by atoms with E-state index in [1.165, 1.54) is 6.21 Å². The molecule has 0 radical (unpaired) electrons. The molecular formula is C5H9BrN2. The van der Waals surface area contributed by atoms with Crippen LogP contribution >= 0.6 is 15.9 Å². The van der Waals surface area contributed by atoms with E-state index in [1.54, 1.807) is 6.20 Å². The molecule has 0 atom stereocenters. The highest BCUT2D eigenvalue weighted by atomic mass is 79.9. The number of hydrogen-bond acceptors (Lipinski definition) is 2. The van der Waals surface area contributed by atoms with E-state index in [-0.39, 0.29) is 0 Å². The zero-order chi connectivity index (χ0) is 6.41. The number of hydrogen-bond donors (Lipinski definition) is 2. The van der Waals surface area contributed by atoms with Crippen LogP contribution in [0.25, 0.3) is 0 Å². The van der Waals surface area contributed by atoms with Crippen LogP contribution in [0.3, 0.4) is 0 Å². The molecule has 0 aliphatic rings. The van der Waals surface area contributed by atoms with Crippen molar-refractivity contribution in [2.24, 2.45) is 0 Å². The van der Waals surface area contributed by atoms with Gasteiger partial charge < -0.3 is 10.7 Å². The molecule has 46 valence electrons. The molecule has 0 rings (SSSR count). The molecule has 0 aliphatic carbocycles. The Balaban J connectivity index is 3.40. The van der Waals surface area contributed by atoms with Crippen molar-refractivity contribution in [3.63, 3.8) is 0 Å². The number of halogens is 1. The van der Waals surface area contributed by atoms with Crippen LogP contribution in [0, 0.1) is 5.41 Å². The van der Waals surface area contributed by atoms with Gasteiger partial charge in [-0.25, -0.2) is 0 Å². The number of nitrogens with one attached hydrogen (secondary N) is 2. The minimum absolute atomic E-state index is 0.763. The smallest absolute Gasteiger partial charge is 0.0507 e. The number of allylic oxidation sites excluding steroid dienone is 1. The fraction of sp³-hybridized carbons (Fsp3) is 0.400. The third-order valence-electron chi connectivity index (χ3n) is 0.582. The van der Waals surface area contributed by atoms with Crippen molar-refractivity contribution in [3.8, 4) is 0 Å². The van der Waals surface area contributed by atoms with Crippen molar-refractivity contribution in [1.29, 1.82) is 5.41 Å². The first-order valence-corrected chi connectivity index (χ1v) is 3.20. The van der Waals surface area contributed by atoms with Crippen LogP contribution in [0.4, 0.5) is 0 Å². The van der Waals surface area contributed by atoms with Gasteiger partial charge in [-0.1, -0.05) is 0 Å².